The van der Waals surface area contributed by atoms with Gasteiger partial charge in [-0.15, -0.1) is 0 Å². The predicted molar refractivity (Wildman–Crippen MR) is 75.4 cm³/mol. The maximum absolute atomic E-state index is 12.1. The van der Waals surface area contributed by atoms with Crippen LogP contribution in [0.4, 0.5) is 0 Å². The highest BCUT2D eigenvalue weighted by molar-refractivity contribution is 9.10. The highest BCUT2D eigenvalue weighted by Crippen LogP contribution is 2.19. The normalized spacial score (nSPS) is 12.1. The van der Waals surface area contributed by atoms with Crippen LogP contribution in [-0.4, -0.2) is 15.6 Å². The minimum absolute atomic E-state index is 0.306. The zero-order chi connectivity index (χ0) is 14.0. The molecule has 2 aromatic rings. The van der Waals surface area contributed by atoms with Crippen LogP contribution in [0.25, 0.3) is 0 Å². The van der Waals surface area contributed by atoms with Crippen molar-refractivity contribution in [1.82, 2.24) is 4.57 Å². The van der Waals surface area contributed by atoms with Gasteiger partial charge in [-0.1, -0.05) is 30.3 Å². The summed E-state index contributed by atoms with van der Waals surface area (Å²) in [6.45, 7) is 1.66. The van der Waals surface area contributed by atoms with Gasteiger partial charge in [-0.2, -0.15) is 0 Å². The average Bonchev–Trinajstić information content (AvgIpc) is 2.36. The molecule has 0 aliphatic rings. The summed E-state index contributed by atoms with van der Waals surface area (Å²) in [5.74, 6) is -1.06. The number of carbonyl (C=O) groups is 1. The van der Waals surface area contributed by atoms with Gasteiger partial charge in [0.05, 0.1) is 0 Å². The van der Waals surface area contributed by atoms with Crippen molar-refractivity contribution in [2.24, 2.45) is 0 Å². The predicted octanol–water partition coefficient (Wildman–Crippen LogP) is 2.59. The number of aromatic nitrogens is 1. The molecule has 0 spiro atoms. The van der Waals surface area contributed by atoms with E-state index < -0.39 is 12.0 Å². The lowest BCUT2D eigenvalue weighted by Crippen LogP contribution is -2.31. The van der Waals surface area contributed by atoms with Crippen molar-refractivity contribution in [3.63, 3.8) is 0 Å². The lowest BCUT2D eigenvalue weighted by atomic mass is 10.1. The van der Waals surface area contributed by atoms with Crippen molar-refractivity contribution < 1.29 is 9.90 Å². The van der Waals surface area contributed by atoms with E-state index in [0.29, 0.717) is 15.6 Å². The molecule has 1 unspecified atom stereocenters. The first-order valence-electron chi connectivity index (χ1n) is 5.66. The number of aryl methyl sites for hydroxylation is 1. The average molecular weight is 322 g/mol. The van der Waals surface area contributed by atoms with Gasteiger partial charge in [0, 0.05) is 16.2 Å². The van der Waals surface area contributed by atoms with Crippen LogP contribution in [0.2, 0.25) is 0 Å². The van der Waals surface area contributed by atoms with Gasteiger partial charge in [0.25, 0.3) is 5.56 Å². The van der Waals surface area contributed by atoms with Crippen LogP contribution in [0, 0.1) is 6.92 Å². The summed E-state index contributed by atoms with van der Waals surface area (Å²) in [6.07, 6.45) is 1.50. The standard InChI is InChI=1S/C14H12BrNO3/c1-9-7-11(15)8-16(13(9)17)12(14(18)19)10-5-3-2-4-6-10/h2-8,12H,1H3,(H,18,19). The van der Waals surface area contributed by atoms with Gasteiger partial charge >= 0.3 is 5.97 Å². The van der Waals surface area contributed by atoms with Gasteiger partial charge in [-0.05, 0) is 34.5 Å². The van der Waals surface area contributed by atoms with Gasteiger partial charge in [-0.3, -0.25) is 9.36 Å². The van der Waals surface area contributed by atoms with Crippen LogP contribution in [0.3, 0.4) is 0 Å². The first-order valence-corrected chi connectivity index (χ1v) is 6.46. The Bertz CT molecular complexity index is 664. The van der Waals surface area contributed by atoms with E-state index in [1.54, 1.807) is 43.3 Å². The number of hydrogen-bond acceptors (Lipinski definition) is 2. The molecule has 0 saturated carbocycles. The zero-order valence-corrected chi connectivity index (χ0v) is 11.8. The molecule has 1 N–H and O–H groups in total. The van der Waals surface area contributed by atoms with Crippen molar-refractivity contribution in [2.75, 3.05) is 0 Å². The highest BCUT2D eigenvalue weighted by atomic mass is 79.9. The lowest BCUT2D eigenvalue weighted by molar-refractivity contribution is -0.139. The largest absolute Gasteiger partial charge is 0.479 e. The molecule has 0 fully saturated rings. The van der Waals surface area contributed by atoms with Crippen LogP contribution in [0.1, 0.15) is 17.2 Å². The summed E-state index contributed by atoms with van der Waals surface area (Å²) in [6, 6.07) is 9.34. The number of carboxylic acids is 1. The monoisotopic (exact) mass is 321 g/mol. The SMILES string of the molecule is Cc1cc(Br)cn(C(C(=O)O)c2ccccc2)c1=O. The topological polar surface area (TPSA) is 59.3 Å². The summed E-state index contributed by atoms with van der Waals surface area (Å²) in [4.78, 5) is 23.6. The van der Waals surface area contributed by atoms with E-state index in [4.69, 9.17) is 0 Å². The third kappa shape index (κ3) is 2.76. The molecule has 1 atom stereocenters. The van der Waals surface area contributed by atoms with Crippen LogP contribution in [0.5, 0.6) is 0 Å². The highest BCUT2D eigenvalue weighted by Gasteiger charge is 2.23. The van der Waals surface area contributed by atoms with Gasteiger partial charge in [-0.25, -0.2) is 4.79 Å². The fraction of sp³-hybridized carbons (Fsp3) is 0.143. The first-order chi connectivity index (χ1) is 9.00. The Balaban J connectivity index is 2.65. The van der Waals surface area contributed by atoms with Crippen molar-refractivity contribution in [3.05, 3.63) is 68.5 Å². The second-order valence-corrected chi connectivity index (χ2v) is 5.12. The Hall–Kier alpha value is -1.88. The molecule has 0 radical (unpaired) electrons. The second kappa shape index (κ2) is 5.40. The molecule has 1 heterocycles. The Morgan fingerprint density at radius 2 is 1.95 bits per heavy atom. The molecule has 1 aromatic heterocycles. The molecule has 0 bridgehead atoms. The molecule has 98 valence electrons. The van der Waals surface area contributed by atoms with Crippen LogP contribution in [0.15, 0.2) is 51.9 Å². The second-order valence-electron chi connectivity index (χ2n) is 4.21. The van der Waals surface area contributed by atoms with Gasteiger partial charge in [0.1, 0.15) is 0 Å². The molecule has 2 rings (SSSR count). The number of aliphatic carboxylic acids is 1. The third-order valence-electron chi connectivity index (χ3n) is 2.82. The summed E-state index contributed by atoms with van der Waals surface area (Å²) >= 11 is 3.28. The number of nitrogens with zero attached hydrogens (tertiary/aromatic N) is 1. The number of benzene rings is 1. The quantitative estimate of drug-likeness (QED) is 0.945. The molecule has 4 nitrogen and oxygen atoms in total. The molecule has 5 heteroatoms. The van der Waals surface area contributed by atoms with E-state index in [1.807, 2.05) is 0 Å². The summed E-state index contributed by atoms with van der Waals surface area (Å²) in [7, 11) is 0. The smallest absolute Gasteiger partial charge is 0.331 e. The first kappa shape index (κ1) is 13.5. The molecule has 0 saturated heterocycles. The number of pyridine rings is 1. The Kier molecular flexibility index (Phi) is 3.85. The van der Waals surface area contributed by atoms with E-state index >= 15 is 0 Å². The number of halogens is 1. The van der Waals surface area contributed by atoms with E-state index in [2.05, 4.69) is 15.9 Å². The Morgan fingerprint density at radius 3 is 2.53 bits per heavy atom. The van der Waals surface area contributed by atoms with Crippen LogP contribution < -0.4 is 5.56 Å². The Morgan fingerprint density at radius 1 is 1.32 bits per heavy atom. The van der Waals surface area contributed by atoms with Crippen LogP contribution >= 0.6 is 15.9 Å². The molecular formula is C14H12BrNO3. The maximum atomic E-state index is 12.1. The minimum Gasteiger partial charge on any atom is -0.479 e. The van der Waals surface area contributed by atoms with E-state index in [-0.39, 0.29) is 5.56 Å². The maximum Gasteiger partial charge on any atom is 0.331 e. The summed E-state index contributed by atoms with van der Waals surface area (Å²) in [5, 5.41) is 9.41. The molecule has 1 aromatic carbocycles. The van der Waals surface area contributed by atoms with E-state index in [9.17, 15) is 14.7 Å². The molecule has 0 aliphatic heterocycles. The fourth-order valence-corrected chi connectivity index (χ4v) is 2.51. The molecule has 0 aliphatic carbocycles. The number of hydrogen-bond donors (Lipinski definition) is 1. The summed E-state index contributed by atoms with van der Waals surface area (Å²) < 4.78 is 1.91. The Labute approximate surface area is 118 Å². The van der Waals surface area contributed by atoms with Crippen LogP contribution in [-0.2, 0) is 4.79 Å². The molecule has 19 heavy (non-hydrogen) atoms. The summed E-state index contributed by atoms with van der Waals surface area (Å²) in [5.41, 5.74) is 0.755. The molecule has 0 amide bonds. The fourth-order valence-electron chi connectivity index (χ4n) is 1.95. The van der Waals surface area contributed by atoms with Crippen molar-refractivity contribution in [2.45, 2.75) is 13.0 Å². The van der Waals surface area contributed by atoms with Gasteiger partial charge < -0.3 is 5.11 Å². The zero-order valence-electron chi connectivity index (χ0n) is 10.2. The lowest BCUT2D eigenvalue weighted by Gasteiger charge is -2.17. The van der Waals surface area contributed by atoms with E-state index in [0.717, 1.165) is 0 Å². The van der Waals surface area contributed by atoms with Crippen molar-refractivity contribution >= 4 is 21.9 Å². The number of carboxylic acid groups (broad SMARTS) is 1. The third-order valence-corrected chi connectivity index (χ3v) is 3.25. The van der Waals surface area contributed by atoms with Crippen molar-refractivity contribution in [1.29, 1.82) is 0 Å². The van der Waals surface area contributed by atoms with Crippen molar-refractivity contribution in [3.8, 4) is 0 Å². The van der Waals surface area contributed by atoms with Gasteiger partial charge in [0.15, 0.2) is 6.04 Å². The van der Waals surface area contributed by atoms with Gasteiger partial charge in [0.2, 0.25) is 0 Å². The molecular weight excluding hydrogens is 310 g/mol. The van der Waals surface area contributed by atoms with E-state index in [1.165, 1.54) is 10.8 Å². The minimum atomic E-state index is -1.06. The number of rotatable bonds is 3.